The molecule has 0 aliphatic heterocycles. The van der Waals surface area contributed by atoms with Gasteiger partial charge < -0.3 is 10.2 Å². The number of nitrogens with one attached hydrogen (secondary N) is 1. The molecule has 16 heavy (non-hydrogen) atoms. The third-order valence-corrected chi connectivity index (χ3v) is 2.88. The molecule has 0 unspecified atom stereocenters. The van der Waals surface area contributed by atoms with E-state index in [1.54, 1.807) is 0 Å². The maximum Gasteiger partial charge on any atom is 0.0676 e. The number of benzene rings is 1. The largest absolute Gasteiger partial charge is 0.362 e. The molecule has 1 rings (SSSR count). The summed E-state index contributed by atoms with van der Waals surface area (Å²) >= 11 is 0. The first-order valence-corrected chi connectivity index (χ1v) is 5.83. The van der Waals surface area contributed by atoms with Gasteiger partial charge in [-0.1, -0.05) is 32.9 Å². The minimum Gasteiger partial charge on any atom is -0.362 e. The zero-order valence-corrected chi connectivity index (χ0v) is 11.4. The van der Waals surface area contributed by atoms with Crippen LogP contribution in [0.2, 0.25) is 0 Å². The smallest absolute Gasteiger partial charge is 0.0676 e. The maximum atomic E-state index is 3.18. The van der Waals surface area contributed by atoms with Gasteiger partial charge in [0.05, 0.1) is 6.67 Å². The van der Waals surface area contributed by atoms with E-state index in [4.69, 9.17) is 0 Å². The highest BCUT2D eigenvalue weighted by molar-refractivity contribution is 5.55. The fourth-order valence-electron chi connectivity index (χ4n) is 1.81. The molecular formula is C14H24N2. The van der Waals surface area contributed by atoms with Crippen molar-refractivity contribution in [1.82, 2.24) is 5.32 Å². The molecular weight excluding hydrogens is 196 g/mol. The summed E-state index contributed by atoms with van der Waals surface area (Å²) in [5.41, 5.74) is 4.23. The minimum atomic E-state index is 0.211. The van der Waals surface area contributed by atoms with Gasteiger partial charge in [-0.3, -0.25) is 0 Å². The molecule has 0 saturated carbocycles. The van der Waals surface area contributed by atoms with Crippen LogP contribution in [-0.4, -0.2) is 20.8 Å². The molecule has 0 atom stereocenters. The zero-order chi connectivity index (χ0) is 12.3. The molecule has 1 N–H and O–H groups in total. The Morgan fingerprint density at radius 3 is 2.38 bits per heavy atom. The van der Waals surface area contributed by atoms with Crippen molar-refractivity contribution in [3.8, 4) is 0 Å². The van der Waals surface area contributed by atoms with Crippen LogP contribution in [0.5, 0.6) is 0 Å². The fraction of sp³-hybridized carbons (Fsp3) is 0.571. The van der Waals surface area contributed by atoms with Crippen molar-refractivity contribution in [3.05, 3.63) is 29.3 Å². The zero-order valence-electron chi connectivity index (χ0n) is 11.4. The van der Waals surface area contributed by atoms with Gasteiger partial charge in [0.25, 0.3) is 0 Å². The lowest BCUT2D eigenvalue weighted by Gasteiger charge is -2.25. The second-order valence-corrected chi connectivity index (χ2v) is 5.46. The van der Waals surface area contributed by atoms with E-state index < -0.39 is 0 Å². The summed E-state index contributed by atoms with van der Waals surface area (Å²) in [5, 5.41) is 3.18. The predicted octanol–water partition coefficient (Wildman–Crippen LogP) is 2.91. The predicted molar refractivity (Wildman–Crippen MR) is 72.2 cm³/mol. The Hall–Kier alpha value is -1.02. The lowest BCUT2D eigenvalue weighted by Crippen LogP contribution is -2.29. The van der Waals surface area contributed by atoms with Crippen LogP contribution in [0.1, 0.15) is 31.9 Å². The second kappa shape index (κ2) is 4.88. The minimum absolute atomic E-state index is 0.211. The Bertz CT molecular complexity index is 350. The van der Waals surface area contributed by atoms with E-state index in [1.165, 1.54) is 16.8 Å². The molecule has 0 radical (unpaired) electrons. The number of anilines is 1. The van der Waals surface area contributed by atoms with E-state index in [0.29, 0.717) is 0 Å². The van der Waals surface area contributed by atoms with E-state index in [9.17, 15) is 0 Å². The first kappa shape index (κ1) is 13.0. The summed E-state index contributed by atoms with van der Waals surface area (Å²) < 4.78 is 0. The van der Waals surface area contributed by atoms with E-state index in [-0.39, 0.29) is 5.41 Å². The van der Waals surface area contributed by atoms with E-state index in [2.05, 4.69) is 63.2 Å². The summed E-state index contributed by atoms with van der Waals surface area (Å²) in [6, 6.07) is 6.74. The quantitative estimate of drug-likeness (QED) is 0.788. The van der Waals surface area contributed by atoms with Gasteiger partial charge >= 0.3 is 0 Å². The summed E-state index contributed by atoms with van der Waals surface area (Å²) in [5.74, 6) is 0. The molecule has 0 aliphatic rings. The molecule has 1 aromatic carbocycles. The lowest BCUT2D eigenvalue weighted by molar-refractivity contribution is 0.589. The maximum absolute atomic E-state index is 3.18. The van der Waals surface area contributed by atoms with Crippen LogP contribution in [0.3, 0.4) is 0 Å². The van der Waals surface area contributed by atoms with Crippen molar-refractivity contribution in [3.63, 3.8) is 0 Å². The molecule has 0 saturated heterocycles. The van der Waals surface area contributed by atoms with Crippen LogP contribution in [-0.2, 0) is 5.41 Å². The van der Waals surface area contributed by atoms with Gasteiger partial charge in [-0.05, 0) is 36.6 Å². The molecule has 1 aromatic rings. The Kier molecular flexibility index (Phi) is 3.98. The monoisotopic (exact) mass is 220 g/mol. The number of hydrogen-bond donors (Lipinski definition) is 1. The molecule has 2 nitrogen and oxygen atoms in total. The molecule has 0 aliphatic carbocycles. The van der Waals surface area contributed by atoms with Crippen LogP contribution in [0.15, 0.2) is 18.2 Å². The van der Waals surface area contributed by atoms with Gasteiger partial charge in [0.1, 0.15) is 0 Å². The van der Waals surface area contributed by atoms with Crippen LogP contribution in [0.25, 0.3) is 0 Å². The average Bonchev–Trinajstić information content (AvgIpc) is 2.16. The number of rotatable bonds is 3. The number of hydrogen-bond acceptors (Lipinski definition) is 2. The van der Waals surface area contributed by atoms with E-state index >= 15 is 0 Å². The molecule has 0 aromatic heterocycles. The van der Waals surface area contributed by atoms with Crippen molar-refractivity contribution in [1.29, 1.82) is 0 Å². The highest BCUT2D eigenvalue weighted by atomic mass is 15.2. The molecule has 0 amide bonds. The molecule has 0 heterocycles. The molecule has 90 valence electrons. The van der Waals surface area contributed by atoms with Crippen molar-refractivity contribution in [2.45, 2.75) is 33.1 Å². The highest BCUT2D eigenvalue weighted by Crippen LogP contribution is 2.28. The lowest BCUT2D eigenvalue weighted by atomic mass is 9.86. The molecule has 0 bridgehead atoms. The van der Waals surface area contributed by atoms with Crippen LogP contribution >= 0.6 is 0 Å². The van der Waals surface area contributed by atoms with Gasteiger partial charge in [-0.2, -0.15) is 0 Å². The van der Waals surface area contributed by atoms with Gasteiger partial charge in [-0.15, -0.1) is 0 Å². The Balaban J connectivity index is 3.09. The summed E-state index contributed by atoms with van der Waals surface area (Å²) in [6.07, 6.45) is 0. The van der Waals surface area contributed by atoms with Gasteiger partial charge in [0.15, 0.2) is 0 Å². The molecule has 0 fully saturated rings. The topological polar surface area (TPSA) is 15.3 Å². The van der Waals surface area contributed by atoms with Crippen LogP contribution in [0, 0.1) is 6.92 Å². The average molecular weight is 220 g/mol. The summed E-state index contributed by atoms with van der Waals surface area (Å²) in [7, 11) is 4.09. The highest BCUT2D eigenvalue weighted by Gasteiger charge is 2.15. The van der Waals surface area contributed by atoms with Crippen molar-refractivity contribution < 1.29 is 0 Å². The van der Waals surface area contributed by atoms with E-state index in [0.717, 1.165) is 6.67 Å². The van der Waals surface area contributed by atoms with Gasteiger partial charge in [0.2, 0.25) is 0 Å². The summed E-state index contributed by atoms with van der Waals surface area (Å²) in [4.78, 5) is 2.24. The molecule has 0 spiro atoms. The number of aryl methyl sites for hydroxylation is 1. The Labute approximate surface area is 99.7 Å². The SMILES string of the molecule is CNCN(C)c1cc(C(C)(C)C)ccc1C. The van der Waals surface area contributed by atoms with Crippen molar-refractivity contribution in [2.75, 3.05) is 25.7 Å². The van der Waals surface area contributed by atoms with Crippen LogP contribution < -0.4 is 10.2 Å². The van der Waals surface area contributed by atoms with Gasteiger partial charge in [0, 0.05) is 12.7 Å². The normalized spacial score (nSPS) is 11.6. The van der Waals surface area contributed by atoms with Crippen LogP contribution in [0.4, 0.5) is 5.69 Å². The first-order chi connectivity index (χ1) is 7.36. The fourth-order valence-corrected chi connectivity index (χ4v) is 1.81. The third-order valence-electron chi connectivity index (χ3n) is 2.88. The standard InChI is InChI=1S/C14H24N2/c1-11-7-8-12(14(2,3)4)9-13(11)16(6)10-15-5/h7-9,15H,10H2,1-6H3. The number of nitrogens with zero attached hydrogens (tertiary/aromatic N) is 1. The van der Waals surface area contributed by atoms with Crippen molar-refractivity contribution >= 4 is 5.69 Å². The summed E-state index contributed by atoms with van der Waals surface area (Å²) in [6.45, 7) is 9.78. The Morgan fingerprint density at radius 2 is 1.88 bits per heavy atom. The third kappa shape index (κ3) is 2.99. The Morgan fingerprint density at radius 1 is 1.25 bits per heavy atom. The van der Waals surface area contributed by atoms with Crippen molar-refractivity contribution in [2.24, 2.45) is 0 Å². The second-order valence-electron chi connectivity index (χ2n) is 5.46. The first-order valence-electron chi connectivity index (χ1n) is 5.83. The molecule has 2 heteroatoms. The van der Waals surface area contributed by atoms with E-state index in [1.807, 2.05) is 7.05 Å². The van der Waals surface area contributed by atoms with Gasteiger partial charge in [-0.25, -0.2) is 0 Å².